The van der Waals surface area contributed by atoms with E-state index in [1.54, 1.807) is 10.6 Å². The largest absolute Gasteiger partial charge is 0.331 e. The van der Waals surface area contributed by atoms with E-state index in [9.17, 15) is 4.79 Å². The van der Waals surface area contributed by atoms with Gasteiger partial charge < -0.3 is 4.98 Å². The van der Waals surface area contributed by atoms with Crippen molar-refractivity contribution in [1.29, 1.82) is 0 Å². The van der Waals surface area contributed by atoms with Gasteiger partial charge in [-0.3, -0.25) is 4.57 Å². The van der Waals surface area contributed by atoms with Crippen molar-refractivity contribution in [3.05, 3.63) is 63.5 Å². The van der Waals surface area contributed by atoms with Crippen molar-refractivity contribution in [2.24, 2.45) is 0 Å². The maximum atomic E-state index is 12.1. The van der Waals surface area contributed by atoms with Gasteiger partial charge in [-0.05, 0) is 36.8 Å². The Kier molecular flexibility index (Phi) is 2.49. The van der Waals surface area contributed by atoms with Crippen LogP contribution in [-0.4, -0.2) is 9.55 Å². The van der Waals surface area contributed by atoms with Crippen molar-refractivity contribution < 1.29 is 0 Å². The molecule has 0 spiro atoms. The van der Waals surface area contributed by atoms with Crippen LogP contribution in [0, 0.1) is 6.92 Å². The molecular formula is C14H11ClN2O. The third kappa shape index (κ3) is 1.64. The molecule has 0 bridgehead atoms. The quantitative estimate of drug-likeness (QED) is 0.715. The van der Waals surface area contributed by atoms with Crippen LogP contribution in [0.5, 0.6) is 0 Å². The second-order valence-corrected chi connectivity index (χ2v) is 4.65. The zero-order valence-electron chi connectivity index (χ0n) is 9.77. The Balaban J connectivity index is 2.41. The molecule has 0 atom stereocenters. The van der Waals surface area contributed by atoms with E-state index < -0.39 is 0 Å². The Morgan fingerprint density at radius 1 is 1.17 bits per heavy atom. The lowest BCUT2D eigenvalue weighted by Gasteiger charge is -2.07. The topological polar surface area (TPSA) is 37.8 Å². The van der Waals surface area contributed by atoms with Crippen LogP contribution in [0.3, 0.4) is 0 Å². The van der Waals surface area contributed by atoms with Gasteiger partial charge in [0.2, 0.25) is 0 Å². The monoisotopic (exact) mass is 258 g/mol. The van der Waals surface area contributed by atoms with Crippen molar-refractivity contribution in [2.75, 3.05) is 0 Å². The van der Waals surface area contributed by atoms with Gasteiger partial charge in [-0.1, -0.05) is 29.8 Å². The van der Waals surface area contributed by atoms with E-state index in [1.165, 1.54) is 0 Å². The number of fused-ring (bicyclic) bond motifs is 1. The van der Waals surface area contributed by atoms with Gasteiger partial charge in [-0.25, -0.2) is 4.79 Å². The molecule has 0 amide bonds. The molecule has 1 N–H and O–H groups in total. The second kappa shape index (κ2) is 4.03. The van der Waals surface area contributed by atoms with Crippen LogP contribution in [0.4, 0.5) is 0 Å². The van der Waals surface area contributed by atoms with Gasteiger partial charge in [-0.2, -0.15) is 0 Å². The SMILES string of the molecule is Cc1ccc(Cl)cc1-n1c(=O)[nH]c2ccccc21. The van der Waals surface area contributed by atoms with Crippen LogP contribution in [0.1, 0.15) is 5.56 Å². The van der Waals surface area contributed by atoms with E-state index in [1.807, 2.05) is 43.3 Å². The summed E-state index contributed by atoms with van der Waals surface area (Å²) >= 11 is 6.01. The molecule has 1 heterocycles. The van der Waals surface area contributed by atoms with Crippen LogP contribution in [-0.2, 0) is 0 Å². The molecule has 0 saturated heterocycles. The first-order chi connectivity index (χ1) is 8.66. The summed E-state index contributed by atoms with van der Waals surface area (Å²) in [7, 11) is 0. The van der Waals surface area contributed by atoms with Crippen molar-refractivity contribution in [1.82, 2.24) is 9.55 Å². The molecule has 18 heavy (non-hydrogen) atoms. The highest BCUT2D eigenvalue weighted by Crippen LogP contribution is 2.21. The first kappa shape index (κ1) is 11.1. The molecule has 3 rings (SSSR count). The highest BCUT2D eigenvalue weighted by atomic mass is 35.5. The number of imidazole rings is 1. The van der Waals surface area contributed by atoms with E-state index in [0.717, 1.165) is 22.3 Å². The van der Waals surface area contributed by atoms with E-state index in [-0.39, 0.29) is 5.69 Å². The number of nitrogens with zero attached hydrogens (tertiary/aromatic N) is 1. The zero-order valence-corrected chi connectivity index (χ0v) is 10.5. The van der Waals surface area contributed by atoms with Gasteiger partial charge in [0.25, 0.3) is 0 Å². The van der Waals surface area contributed by atoms with Crippen LogP contribution in [0.25, 0.3) is 16.7 Å². The summed E-state index contributed by atoms with van der Waals surface area (Å²) < 4.78 is 1.65. The molecule has 0 unspecified atom stereocenters. The van der Waals surface area contributed by atoms with Crippen LogP contribution < -0.4 is 5.69 Å². The number of hydrogen-bond acceptors (Lipinski definition) is 1. The maximum Gasteiger partial charge on any atom is 0.331 e. The normalized spacial score (nSPS) is 11.0. The average Bonchev–Trinajstić information content (AvgIpc) is 2.68. The molecule has 0 radical (unpaired) electrons. The number of rotatable bonds is 1. The van der Waals surface area contributed by atoms with Gasteiger partial charge >= 0.3 is 5.69 Å². The Labute approximate surface area is 109 Å². The molecular weight excluding hydrogens is 248 g/mol. The number of H-pyrrole nitrogens is 1. The Hall–Kier alpha value is -2.00. The molecule has 3 aromatic rings. The summed E-state index contributed by atoms with van der Waals surface area (Å²) in [5.74, 6) is 0. The number of nitrogens with one attached hydrogen (secondary N) is 1. The van der Waals surface area contributed by atoms with E-state index in [4.69, 9.17) is 11.6 Å². The van der Waals surface area contributed by atoms with Crippen molar-refractivity contribution in [3.63, 3.8) is 0 Å². The van der Waals surface area contributed by atoms with E-state index in [2.05, 4.69) is 4.98 Å². The highest BCUT2D eigenvalue weighted by Gasteiger charge is 2.10. The fourth-order valence-electron chi connectivity index (χ4n) is 2.12. The molecule has 2 aromatic carbocycles. The first-order valence-corrected chi connectivity index (χ1v) is 6.01. The summed E-state index contributed by atoms with van der Waals surface area (Å²) in [5.41, 5.74) is 3.34. The molecule has 0 aliphatic heterocycles. The summed E-state index contributed by atoms with van der Waals surface area (Å²) in [4.78, 5) is 14.9. The number of benzene rings is 2. The smallest absolute Gasteiger partial charge is 0.305 e. The molecule has 0 aliphatic rings. The number of aryl methyl sites for hydroxylation is 1. The number of para-hydroxylation sites is 2. The van der Waals surface area contributed by atoms with Gasteiger partial charge in [0.1, 0.15) is 0 Å². The van der Waals surface area contributed by atoms with Gasteiger partial charge in [0.15, 0.2) is 0 Å². The molecule has 1 aromatic heterocycles. The minimum absolute atomic E-state index is 0.151. The van der Waals surface area contributed by atoms with Crippen molar-refractivity contribution in [3.8, 4) is 5.69 Å². The molecule has 3 nitrogen and oxygen atoms in total. The van der Waals surface area contributed by atoms with Gasteiger partial charge in [0.05, 0.1) is 16.7 Å². The molecule has 0 fully saturated rings. The lowest BCUT2D eigenvalue weighted by atomic mass is 10.2. The van der Waals surface area contributed by atoms with Crippen molar-refractivity contribution >= 4 is 22.6 Å². The van der Waals surface area contributed by atoms with Gasteiger partial charge in [0, 0.05) is 5.02 Å². The lowest BCUT2D eigenvalue weighted by molar-refractivity contribution is 1.00. The van der Waals surface area contributed by atoms with E-state index in [0.29, 0.717) is 5.02 Å². The van der Waals surface area contributed by atoms with Crippen LogP contribution in [0.2, 0.25) is 5.02 Å². The summed E-state index contributed by atoms with van der Waals surface area (Å²) in [5, 5.41) is 0.618. The minimum atomic E-state index is -0.151. The molecule has 90 valence electrons. The third-order valence-corrected chi connectivity index (χ3v) is 3.24. The third-order valence-electron chi connectivity index (χ3n) is 3.00. The molecule has 4 heteroatoms. The maximum absolute atomic E-state index is 12.1. The Morgan fingerprint density at radius 3 is 2.78 bits per heavy atom. The predicted molar refractivity (Wildman–Crippen MR) is 73.6 cm³/mol. The summed E-state index contributed by atoms with van der Waals surface area (Å²) in [6, 6.07) is 13.1. The number of aromatic nitrogens is 2. The first-order valence-electron chi connectivity index (χ1n) is 5.63. The predicted octanol–water partition coefficient (Wildman–Crippen LogP) is 3.28. The molecule has 0 saturated carbocycles. The van der Waals surface area contributed by atoms with E-state index >= 15 is 0 Å². The highest BCUT2D eigenvalue weighted by molar-refractivity contribution is 6.30. The average molecular weight is 259 g/mol. The van der Waals surface area contributed by atoms with Crippen LogP contribution in [0.15, 0.2) is 47.3 Å². The second-order valence-electron chi connectivity index (χ2n) is 4.21. The summed E-state index contributed by atoms with van der Waals surface area (Å²) in [6.45, 7) is 1.96. The number of aromatic amines is 1. The Morgan fingerprint density at radius 2 is 1.94 bits per heavy atom. The zero-order chi connectivity index (χ0) is 12.7. The molecule has 0 aliphatic carbocycles. The van der Waals surface area contributed by atoms with Crippen LogP contribution >= 0.6 is 11.6 Å². The van der Waals surface area contributed by atoms with Gasteiger partial charge in [-0.15, -0.1) is 0 Å². The summed E-state index contributed by atoms with van der Waals surface area (Å²) in [6.07, 6.45) is 0. The lowest BCUT2D eigenvalue weighted by Crippen LogP contribution is -2.15. The Bertz CT molecular complexity index is 786. The fraction of sp³-hybridized carbons (Fsp3) is 0.0714. The van der Waals surface area contributed by atoms with Crippen molar-refractivity contribution in [2.45, 2.75) is 6.92 Å². The minimum Gasteiger partial charge on any atom is -0.305 e. The standard InChI is InChI=1S/C14H11ClN2O/c1-9-6-7-10(15)8-13(9)17-12-5-3-2-4-11(12)16-14(17)18/h2-8H,1H3,(H,16,18). The number of halogens is 1. The number of hydrogen-bond donors (Lipinski definition) is 1. The fourth-order valence-corrected chi connectivity index (χ4v) is 2.28.